The molecule has 4 N–H and O–H groups in total. The Morgan fingerprint density at radius 3 is 2.09 bits per heavy atom. The standard InChI is InChI=1S/C42H47N3O7S/c1-4-24-45(35(46)22-23-42(2,3)41(51)52)26-29-8-7-9-31(25-29)37(47)44-39-36(33-10-5-6-11-34(33)53-39)38(48)43-32-20-16-28(17-21-32)13-12-27-14-18-30(19-15-27)40(49)50/h7-9,14-21,25H,4-6,10-13,22-24,26H2,1-3H3,(H,43,48)(H,44,47)(H,49,50)(H,51,52). The van der Waals surface area contributed by atoms with Gasteiger partial charge in [-0.25, -0.2) is 4.79 Å². The molecule has 0 radical (unpaired) electrons. The quantitative estimate of drug-likeness (QED) is 0.0904. The molecule has 0 unspecified atom stereocenters. The number of benzene rings is 3. The number of rotatable bonds is 16. The minimum atomic E-state index is -1.00. The fourth-order valence-corrected chi connectivity index (χ4v) is 7.68. The monoisotopic (exact) mass is 737 g/mol. The number of carbonyl (C=O) groups is 5. The Bertz CT molecular complexity index is 1970. The van der Waals surface area contributed by atoms with Crippen LogP contribution in [0.25, 0.3) is 0 Å². The van der Waals surface area contributed by atoms with Crippen molar-refractivity contribution in [1.29, 1.82) is 0 Å². The molecule has 0 spiro atoms. The fraction of sp³-hybridized carbons (Fsp3) is 0.357. The Morgan fingerprint density at radius 2 is 1.45 bits per heavy atom. The van der Waals surface area contributed by atoms with E-state index in [1.807, 2.05) is 49.4 Å². The molecule has 5 rings (SSSR count). The van der Waals surface area contributed by atoms with Crippen LogP contribution in [0.2, 0.25) is 0 Å². The number of aryl methyl sites for hydroxylation is 3. The van der Waals surface area contributed by atoms with Crippen molar-refractivity contribution >= 4 is 51.7 Å². The van der Waals surface area contributed by atoms with E-state index >= 15 is 0 Å². The first-order chi connectivity index (χ1) is 25.3. The second kappa shape index (κ2) is 17.5. The normalized spacial score (nSPS) is 12.4. The summed E-state index contributed by atoms with van der Waals surface area (Å²) in [6.07, 6.45) is 6.19. The molecule has 11 heteroatoms. The molecule has 0 aliphatic heterocycles. The molecule has 3 amide bonds. The highest BCUT2D eigenvalue weighted by molar-refractivity contribution is 7.17. The summed E-state index contributed by atoms with van der Waals surface area (Å²) in [6.45, 7) is 6.01. The topological polar surface area (TPSA) is 153 Å². The smallest absolute Gasteiger partial charge is 0.335 e. The van der Waals surface area contributed by atoms with Crippen molar-refractivity contribution in [3.63, 3.8) is 0 Å². The number of anilines is 2. The van der Waals surface area contributed by atoms with Gasteiger partial charge in [0.15, 0.2) is 0 Å². The first kappa shape index (κ1) is 38.9. The Morgan fingerprint density at radius 1 is 0.792 bits per heavy atom. The highest BCUT2D eigenvalue weighted by Gasteiger charge is 2.29. The summed E-state index contributed by atoms with van der Waals surface area (Å²) in [4.78, 5) is 66.1. The van der Waals surface area contributed by atoms with Gasteiger partial charge in [0.1, 0.15) is 5.00 Å². The van der Waals surface area contributed by atoms with Crippen molar-refractivity contribution in [3.8, 4) is 0 Å². The van der Waals surface area contributed by atoms with Gasteiger partial charge in [-0.2, -0.15) is 0 Å². The SMILES string of the molecule is CCCN(Cc1cccc(C(=O)Nc2sc3c(c2C(=O)Nc2ccc(CCc4ccc(C(=O)O)cc4)cc2)CCCC3)c1)C(=O)CCC(C)(C)C(=O)O. The Labute approximate surface area is 314 Å². The molecule has 0 saturated heterocycles. The van der Waals surface area contributed by atoms with E-state index in [0.29, 0.717) is 34.9 Å². The molecular weight excluding hydrogens is 691 g/mol. The van der Waals surface area contributed by atoms with Crippen molar-refractivity contribution in [2.45, 2.75) is 85.1 Å². The molecule has 1 aromatic heterocycles. The van der Waals surface area contributed by atoms with Gasteiger partial charge in [-0.3, -0.25) is 19.2 Å². The zero-order valence-electron chi connectivity index (χ0n) is 30.5. The molecule has 0 fully saturated rings. The van der Waals surface area contributed by atoms with E-state index in [4.69, 9.17) is 5.11 Å². The number of nitrogens with one attached hydrogen (secondary N) is 2. The zero-order chi connectivity index (χ0) is 38.1. The van der Waals surface area contributed by atoms with Gasteiger partial charge in [-0.1, -0.05) is 43.3 Å². The number of carbonyl (C=O) groups excluding carboxylic acids is 3. The van der Waals surface area contributed by atoms with Gasteiger partial charge in [-0.15, -0.1) is 11.3 Å². The highest BCUT2D eigenvalue weighted by atomic mass is 32.1. The predicted molar refractivity (Wildman–Crippen MR) is 207 cm³/mol. The molecule has 1 aliphatic rings. The van der Waals surface area contributed by atoms with Gasteiger partial charge in [-0.05, 0) is 124 Å². The largest absolute Gasteiger partial charge is 0.481 e. The number of nitrogens with zero attached hydrogens (tertiary/aromatic N) is 1. The summed E-state index contributed by atoms with van der Waals surface area (Å²) >= 11 is 1.45. The Kier molecular flexibility index (Phi) is 12.8. The van der Waals surface area contributed by atoms with Gasteiger partial charge >= 0.3 is 11.9 Å². The Hall–Kier alpha value is -5.29. The van der Waals surface area contributed by atoms with Crippen LogP contribution in [0.1, 0.15) is 111 Å². The predicted octanol–water partition coefficient (Wildman–Crippen LogP) is 8.24. The lowest BCUT2D eigenvalue weighted by atomic mass is 9.88. The minimum Gasteiger partial charge on any atom is -0.481 e. The van der Waals surface area contributed by atoms with E-state index < -0.39 is 17.4 Å². The molecule has 1 aliphatic carbocycles. The van der Waals surface area contributed by atoms with Crippen LogP contribution in [0.3, 0.4) is 0 Å². The van der Waals surface area contributed by atoms with Crippen molar-refractivity contribution in [2.75, 3.05) is 17.2 Å². The van der Waals surface area contributed by atoms with E-state index in [-0.39, 0.29) is 36.1 Å². The molecular formula is C42H47N3O7S. The number of carboxylic acids is 2. The van der Waals surface area contributed by atoms with Gasteiger partial charge in [0.25, 0.3) is 11.8 Å². The van der Waals surface area contributed by atoms with Gasteiger partial charge in [0.2, 0.25) is 5.91 Å². The third kappa shape index (κ3) is 10.2. The van der Waals surface area contributed by atoms with Crippen LogP contribution in [-0.2, 0) is 41.8 Å². The number of fused-ring (bicyclic) bond motifs is 1. The number of hydrogen-bond acceptors (Lipinski definition) is 6. The number of thiophene rings is 1. The van der Waals surface area contributed by atoms with Crippen LogP contribution in [-0.4, -0.2) is 51.3 Å². The van der Waals surface area contributed by atoms with Gasteiger partial charge in [0.05, 0.1) is 16.5 Å². The lowest BCUT2D eigenvalue weighted by Gasteiger charge is -2.25. The van der Waals surface area contributed by atoms with Crippen LogP contribution in [0.15, 0.2) is 72.8 Å². The summed E-state index contributed by atoms with van der Waals surface area (Å²) in [5, 5.41) is 25.2. The third-order valence-electron chi connectivity index (χ3n) is 9.69. The number of amides is 3. The van der Waals surface area contributed by atoms with E-state index in [1.165, 1.54) is 11.3 Å². The van der Waals surface area contributed by atoms with Crippen LogP contribution >= 0.6 is 11.3 Å². The van der Waals surface area contributed by atoms with Crippen LogP contribution in [0.5, 0.6) is 0 Å². The average Bonchev–Trinajstić information content (AvgIpc) is 3.51. The fourth-order valence-electron chi connectivity index (χ4n) is 6.40. The van der Waals surface area contributed by atoms with Crippen molar-refractivity contribution in [1.82, 2.24) is 4.90 Å². The van der Waals surface area contributed by atoms with E-state index in [2.05, 4.69) is 10.6 Å². The highest BCUT2D eigenvalue weighted by Crippen LogP contribution is 2.39. The summed E-state index contributed by atoms with van der Waals surface area (Å²) in [5.74, 6) is -2.65. The number of hydrogen-bond donors (Lipinski definition) is 4. The molecule has 0 bridgehead atoms. The third-order valence-corrected chi connectivity index (χ3v) is 10.9. The molecule has 278 valence electrons. The zero-order valence-corrected chi connectivity index (χ0v) is 31.3. The maximum absolute atomic E-state index is 13.8. The number of aliphatic carboxylic acids is 1. The second-order valence-corrected chi connectivity index (χ2v) is 15.3. The summed E-state index contributed by atoms with van der Waals surface area (Å²) < 4.78 is 0. The van der Waals surface area contributed by atoms with E-state index in [9.17, 15) is 29.1 Å². The van der Waals surface area contributed by atoms with Crippen molar-refractivity contribution in [3.05, 3.63) is 117 Å². The molecule has 10 nitrogen and oxygen atoms in total. The maximum Gasteiger partial charge on any atom is 0.335 e. The summed E-state index contributed by atoms with van der Waals surface area (Å²) in [6, 6.07) is 21.6. The molecule has 1 heterocycles. The molecule has 3 aromatic carbocycles. The molecule has 0 atom stereocenters. The van der Waals surface area contributed by atoms with E-state index in [1.54, 1.807) is 49.1 Å². The van der Waals surface area contributed by atoms with Gasteiger partial charge < -0.3 is 25.7 Å². The minimum absolute atomic E-state index is 0.115. The first-order valence-corrected chi connectivity index (χ1v) is 18.9. The first-order valence-electron chi connectivity index (χ1n) is 18.1. The van der Waals surface area contributed by atoms with Crippen LogP contribution < -0.4 is 10.6 Å². The molecule has 0 saturated carbocycles. The van der Waals surface area contributed by atoms with E-state index in [0.717, 1.165) is 72.1 Å². The van der Waals surface area contributed by atoms with Crippen molar-refractivity contribution in [2.24, 2.45) is 5.41 Å². The van der Waals surface area contributed by atoms with Crippen LogP contribution in [0.4, 0.5) is 10.7 Å². The van der Waals surface area contributed by atoms with Gasteiger partial charge in [0, 0.05) is 35.6 Å². The molecule has 53 heavy (non-hydrogen) atoms. The lowest BCUT2D eigenvalue weighted by molar-refractivity contribution is -0.147. The second-order valence-electron chi connectivity index (χ2n) is 14.2. The van der Waals surface area contributed by atoms with Crippen molar-refractivity contribution < 1.29 is 34.2 Å². The summed E-state index contributed by atoms with van der Waals surface area (Å²) in [5.41, 5.74) is 4.67. The summed E-state index contributed by atoms with van der Waals surface area (Å²) in [7, 11) is 0. The number of aromatic carboxylic acids is 1. The average molecular weight is 738 g/mol. The molecule has 4 aromatic rings. The lowest BCUT2D eigenvalue weighted by Crippen LogP contribution is -2.33. The maximum atomic E-state index is 13.8. The van der Waals surface area contributed by atoms with Crippen LogP contribution in [0, 0.1) is 5.41 Å². The Balaban J connectivity index is 1.25. The number of carboxylic acid groups (broad SMARTS) is 2.